The predicted octanol–water partition coefficient (Wildman–Crippen LogP) is 3.39. The summed E-state index contributed by atoms with van der Waals surface area (Å²) in [6, 6.07) is 18.2. The van der Waals surface area contributed by atoms with Crippen LogP contribution in [0.15, 0.2) is 77.4 Å². The van der Waals surface area contributed by atoms with Gasteiger partial charge in [0.05, 0.1) is 17.3 Å². The number of anilines is 1. The number of benzene rings is 2. The number of carbonyl (C=O) groups excluding carboxylic acids is 3. The van der Waals surface area contributed by atoms with Gasteiger partial charge in [0, 0.05) is 16.6 Å². The van der Waals surface area contributed by atoms with Gasteiger partial charge in [0.15, 0.2) is 12.4 Å². The van der Waals surface area contributed by atoms with Crippen LogP contribution in [0, 0.1) is 0 Å². The summed E-state index contributed by atoms with van der Waals surface area (Å²) < 4.78 is 10.6. The number of aromatic nitrogens is 1. The van der Waals surface area contributed by atoms with Crippen LogP contribution in [0.1, 0.15) is 20.7 Å². The zero-order valence-corrected chi connectivity index (χ0v) is 16.2. The van der Waals surface area contributed by atoms with E-state index in [2.05, 4.69) is 10.3 Å². The van der Waals surface area contributed by atoms with Crippen LogP contribution in [0.5, 0.6) is 0 Å². The number of hydrogen-bond acceptors (Lipinski definition) is 6. The van der Waals surface area contributed by atoms with Gasteiger partial charge in [-0.1, -0.05) is 18.2 Å². The van der Waals surface area contributed by atoms with E-state index in [1.54, 1.807) is 36.4 Å². The summed E-state index contributed by atoms with van der Waals surface area (Å²) in [4.78, 5) is 40.5. The molecule has 0 aliphatic heterocycles. The first-order chi connectivity index (χ1) is 15.0. The van der Waals surface area contributed by atoms with E-state index < -0.39 is 24.4 Å². The number of nitrogens with one attached hydrogen (secondary N) is 1. The normalized spacial score (nSPS) is 10.6. The summed E-state index contributed by atoms with van der Waals surface area (Å²) in [7, 11) is 0. The molecule has 0 spiro atoms. The topological polar surface area (TPSA) is 125 Å². The highest BCUT2D eigenvalue weighted by atomic mass is 16.5. The third-order valence-corrected chi connectivity index (χ3v) is 4.50. The number of nitrogens with zero attached hydrogens (tertiary/aromatic N) is 1. The van der Waals surface area contributed by atoms with Crippen LogP contribution in [0.25, 0.3) is 22.4 Å². The first-order valence-corrected chi connectivity index (χ1v) is 9.32. The lowest BCUT2D eigenvalue weighted by Crippen LogP contribution is -2.21. The van der Waals surface area contributed by atoms with Crippen molar-refractivity contribution >= 4 is 34.4 Å². The molecule has 2 heterocycles. The number of esters is 1. The van der Waals surface area contributed by atoms with E-state index in [1.165, 1.54) is 30.5 Å². The van der Waals surface area contributed by atoms with Gasteiger partial charge in [0.1, 0.15) is 5.69 Å². The lowest BCUT2D eigenvalue weighted by Gasteiger charge is -2.10. The van der Waals surface area contributed by atoms with Crippen molar-refractivity contribution in [1.29, 1.82) is 0 Å². The molecule has 0 saturated carbocycles. The summed E-state index contributed by atoms with van der Waals surface area (Å²) >= 11 is 0. The van der Waals surface area contributed by atoms with Crippen molar-refractivity contribution in [2.45, 2.75) is 0 Å². The van der Waals surface area contributed by atoms with Gasteiger partial charge in [-0.2, -0.15) is 0 Å². The maximum atomic E-state index is 12.7. The fraction of sp³-hybridized carbons (Fsp3) is 0.0435. The summed E-state index contributed by atoms with van der Waals surface area (Å²) in [6.07, 6.45) is 1.52. The van der Waals surface area contributed by atoms with Gasteiger partial charge >= 0.3 is 5.97 Å². The highest BCUT2D eigenvalue weighted by molar-refractivity contribution is 6.05. The predicted molar refractivity (Wildman–Crippen MR) is 113 cm³/mol. The molecule has 154 valence electrons. The van der Waals surface area contributed by atoms with Crippen molar-refractivity contribution in [2.75, 3.05) is 11.9 Å². The molecule has 0 saturated heterocycles. The van der Waals surface area contributed by atoms with Crippen molar-refractivity contribution < 1.29 is 23.5 Å². The molecular formula is C23H17N3O5. The molecule has 0 aliphatic carbocycles. The van der Waals surface area contributed by atoms with Gasteiger partial charge in [-0.05, 0) is 48.5 Å². The Morgan fingerprint density at radius 2 is 1.77 bits per heavy atom. The van der Waals surface area contributed by atoms with Crippen molar-refractivity contribution in [1.82, 2.24) is 4.98 Å². The van der Waals surface area contributed by atoms with Crippen LogP contribution in [0.3, 0.4) is 0 Å². The van der Waals surface area contributed by atoms with Crippen LogP contribution < -0.4 is 11.1 Å². The third kappa shape index (κ3) is 4.43. The number of para-hydroxylation sites is 1. The zero-order chi connectivity index (χ0) is 21.8. The summed E-state index contributed by atoms with van der Waals surface area (Å²) in [5, 5.41) is 3.19. The highest BCUT2D eigenvalue weighted by Crippen LogP contribution is 2.25. The quantitative estimate of drug-likeness (QED) is 0.465. The number of pyridine rings is 1. The van der Waals surface area contributed by atoms with E-state index in [1.807, 2.05) is 6.07 Å². The van der Waals surface area contributed by atoms with E-state index in [0.717, 1.165) is 0 Å². The Bertz CT molecular complexity index is 1260. The second-order valence-electron chi connectivity index (χ2n) is 6.62. The maximum absolute atomic E-state index is 12.7. The minimum Gasteiger partial charge on any atom is -0.463 e. The number of rotatable bonds is 6. The molecule has 0 fully saturated rings. The SMILES string of the molecule is NC(=O)c1ccc(NC(=O)COC(=O)c2cc(-c3ccco3)nc3ccccc23)cc1. The first kappa shape index (κ1) is 19.8. The standard InChI is InChI=1S/C23H17N3O5/c24-22(28)14-7-9-15(10-8-14)25-21(27)13-31-23(29)17-12-19(20-6-3-11-30-20)26-18-5-2-1-4-16(17)18/h1-12H,13H2,(H2,24,28)(H,25,27). The van der Waals surface area contributed by atoms with E-state index in [-0.39, 0.29) is 5.56 Å². The second kappa shape index (κ2) is 8.50. The Morgan fingerprint density at radius 1 is 1.00 bits per heavy atom. The molecule has 0 aliphatic rings. The minimum atomic E-state index is -0.661. The molecule has 0 atom stereocenters. The number of furan rings is 1. The second-order valence-corrected chi connectivity index (χ2v) is 6.62. The Balaban J connectivity index is 1.49. The zero-order valence-electron chi connectivity index (χ0n) is 16.2. The number of carbonyl (C=O) groups is 3. The molecule has 4 aromatic rings. The van der Waals surface area contributed by atoms with Gasteiger partial charge < -0.3 is 20.2 Å². The van der Waals surface area contributed by atoms with Gasteiger partial charge in [-0.3, -0.25) is 9.59 Å². The van der Waals surface area contributed by atoms with Gasteiger partial charge in [-0.25, -0.2) is 9.78 Å². The number of nitrogens with two attached hydrogens (primary N) is 1. The lowest BCUT2D eigenvalue weighted by atomic mass is 10.1. The van der Waals surface area contributed by atoms with E-state index in [0.29, 0.717) is 33.6 Å². The van der Waals surface area contributed by atoms with Gasteiger partial charge in [0.2, 0.25) is 5.91 Å². The number of hydrogen-bond donors (Lipinski definition) is 2. The van der Waals surface area contributed by atoms with Crippen LogP contribution in [0.2, 0.25) is 0 Å². The van der Waals surface area contributed by atoms with Crippen LogP contribution in [-0.4, -0.2) is 29.4 Å². The number of fused-ring (bicyclic) bond motifs is 1. The fourth-order valence-electron chi connectivity index (χ4n) is 3.02. The van der Waals surface area contributed by atoms with E-state index >= 15 is 0 Å². The van der Waals surface area contributed by atoms with Crippen molar-refractivity contribution in [3.63, 3.8) is 0 Å². The molecule has 3 N–H and O–H groups in total. The molecule has 31 heavy (non-hydrogen) atoms. The molecule has 0 radical (unpaired) electrons. The summed E-state index contributed by atoms with van der Waals surface area (Å²) in [6.45, 7) is -0.483. The Morgan fingerprint density at radius 3 is 2.48 bits per heavy atom. The molecule has 8 heteroatoms. The van der Waals surface area contributed by atoms with Crippen LogP contribution >= 0.6 is 0 Å². The Labute approximate surface area is 176 Å². The maximum Gasteiger partial charge on any atom is 0.339 e. The van der Waals surface area contributed by atoms with E-state index in [4.69, 9.17) is 14.9 Å². The van der Waals surface area contributed by atoms with E-state index in [9.17, 15) is 14.4 Å². The monoisotopic (exact) mass is 415 g/mol. The molecule has 2 aromatic carbocycles. The molecule has 8 nitrogen and oxygen atoms in total. The smallest absolute Gasteiger partial charge is 0.339 e. The molecule has 0 unspecified atom stereocenters. The molecule has 2 amide bonds. The molecule has 0 bridgehead atoms. The van der Waals surface area contributed by atoms with Crippen molar-refractivity contribution in [3.8, 4) is 11.5 Å². The first-order valence-electron chi connectivity index (χ1n) is 9.32. The Kier molecular flexibility index (Phi) is 5.44. The summed E-state index contributed by atoms with van der Waals surface area (Å²) in [5.41, 5.74) is 7.31. The van der Waals surface area contributed by atoms with Gasteiger partial charge in [0.25, 0.3) is 5.91 Å². The van der Waals surface area contributed by atoms with Crippen molar-refractivity contribution in [2.24, 2.45) is 5.73 Å². The lowest BCUT2D eigenvalue weighted by molar-refractivity contribution is -0.119. The number of amides is 2. The summed E-state index contributed by atoms with van der Waals surface area (Å²) in [5.74, 6) is -1.24. The van der Waals surface area contributed by atoms with Crippen LogP contribution in [0.4, 0.5) is 5.69 Å². The molecular weight excluding hydrogens is 398 g/mol. The number of primary amides is 1. The number of ether oxygens (including phenoxy) is 1. The largest absolute Gasteiger partial charge is 0.463 e. The molecule has 2 aromatic heterocycles. The average Bonchev–Trinajstić information content (AvgIpc) is 3.32. The Hall–Kier alpha value is -4.46. The fourth-order valence-corrected chi connectivity index (χ4v) is 3.02. The van der Waals surface area contributed by atoms with Crippen molar-refractivity contribution in [3.05, 3.63) is 84.1 Å². The van der Waals surface area contributed by atoms with Crippen LogP contribution in [-0.2, 0) is 9.53 Å². The molecule has 4 rings (SSSR count). The highest BCUT2D eigenvalue weighted by Gasteiger charge is 2.17. The van der Waals surface area contributed by atoms with Gasteiger partial charge in [-0.15, -0.1) is 0 Å². The third-order valence-electron chi connectivity index (χ3n) is 4.50. The average molecular weight is 415 g/mol. The minimum absolute atomic E-state index is 0.274.